The van der Waals surface area contributed by atoms with Gasteiger partial charge in [0.05, 0.1) is 16.2 Å². The van der Waals surface area contributed by atoms with Crippen LogP contribution in [0.15, 0.2) is 54.6 Å². The van der Waals surface area contributed by atoms with Crippen LogP contribution in [0.1, 0.15) is 5.69 Å². The fraction of sp³-hybridized carbons (Fsp3) is 0.0625. The first kappa shape index (κ1) is 12.9. The molecule has 0 aliphatic rings. The van der Waals surface area contributed by atoms with Crippen LogP contribution in [0.3, 0.4) is 0 Å². The highest BCUT2D eigenvalue weighted by Gasteiger charge is 2.08. The van der Waals surface area contributed by atoms with E-state index in [0.717, 1.165) is 16.6 Å². The number of para-hydroxylation sites is 2. The van der Waals surface area contributed by atoms with Crippen molar-refractivity contribution in [3.05, 3.63) is 65.3 Å². The highest BCUT2D eigenvalue weighted by Crippen LogP contribution is 2.33. The fourth-order valence-corrected chi connectivity index (χ4v) is 2.20. The highest BCUT2D eigenvalue weighted by atomic mass is 35.5. The average Bonchev–Trinajstić information content (AvgIpc) is 2.49. The van der Waals surface area contributed by atoms with Gasteiger partial charge in [-0.25, -0.2) is 0 Å². The van der Waals surface area contributed by atoms with Gasteiger partial charge in [0.1, 0.15) is 11.5 Å². The second-order valence-corrected chi connectivity index (χ2v) is 4.77. The van der Waals surface area contributed by atoms with Crippen molar-refractivity contribution in [2.75, 3.05) is 0 Å². The molecule has 0 spiro atoms. The lowest BCUT2D eigenvalue weighted by Crippen LogP contribution is -2.00. The predicted octanol–water partition coefficient (Wildman–Crippen LogP) is 4.14. The lowest BCUT2D eigenvalue weighted by molar-refractivity contribution is 0.487. The lowest BCUT2D eigenvalue weighted by Gasteiger charge is -2.11. The topological polar surface area (TPSA) is 48.1 Å². The third-order valence-corrected chi connectivity index (χ3v) is 3.31. The van der Waals surface area contributed by atoms with Gasteiger partial charge >= 0.3 is 0 Å². The maximum atomic E-state index is 6.13. The smallest absolute Gasteiger partial charge is 0.146 e. The molecule has 100 valence electrons. The molecule has 0 amide bonds. The van der Waals surface area contributed by atoms with E-state index in [2.05, 4.69) is 4.98 Å². The third-order valence-electron chi connectivity index (χ3n) is 3.00. The second-order valence-electron chi connectivity index (χ2n) is 4.37. The summed E-state index contributed by atoms with van der Waals surface area (Å²) in [4.78, 5) is 4.48. The van der Waals surface area contributed by atoms with Crippen LogP contribution < -0.4 is 10.5 Å². The molecular formula is C16H13ClN2O. The number of hydrogen-bond donors (Lipinski definition) is 1. The van der Waals surface area contributed by atoms with Gasteiger partial charge in [-0.3, -0.25) is 4.98 Å². The average molecular weight is 285 g/mol. The molecule has 3 nitrogen and oxygen atoms in total. The minimum atomic E-state index is 0.365. The highest BCUT2D eigenvalue weighted by molar-refractivity contribution is 6.32. The Kier molecular flexibility index (Phi) is 3.54. The molecule has 0 fully saturated rings. The molecule has 3 rings (SSSR count). The minimum Gasteiger partial charge on any atom is -0.455 e. The van der Waals surface area contributed by atoms with Crippen molar-refractivity contribution in [3.63, 3.8) is 0 Å². The summed E-state index contributed by atoms with van der Waals surface area (Å²) in [6, 6.07) is 17.0. The van der Waals surface area contributed by atoms with E-state index in [1.165, 1.54) is 0 Å². The van der Waals surface area contributed by atoms with Crippen molar-refractivity contribution in [1.82, 2.24) is 4.98 Å². The van der Waals surface area contributed by atoms with Crippen LogP contribution in [-0.2, 0) is 6.54 Å². The molecule has 3 aromatic rings. The summed E-state index contributed by atoms with van der Waals surface area (Å²) in [6.45, 7) is 0.365. The van der Waals surface area contributed by atoms with Gasteiger partial charge < -0.3 is 10.5 Å². The number of rotatable bonds is 3. The van der Waals surface area contributed by atoms with Crippen LogP contribution in [0, 0.1) is 0 Å². The number of pyridine rings is 1. The van der Waals surface area contributed by atoms with Crippen molar-refractivity contribution in [1.29, 1.82) is 0 Å². The molecule has 0 aliphatic heterocycles. The van der Waals surface area contributed by atoms with Gasteiger partial charge in [-0.15, -0.1) is 0 Å². The molecule has 2 N–H and O–H groups in total. The van der Waals surface area contributed by atoms with E-state index < -0.39 is 0 Å². The van der Waals surface area contributed by atoms with Crippen molar-refractivity contribution in [2.24, 2.45) is 5.73 Å². The normalized spacial score (nSPS) is 10.7. The van der Waals surface area contributed by atoms with Crippen LogP contribution >= 0.6 is 11.6 Å². The van der Waals surface area contributed by atoms with Crippen molar-refractivity contribution < 1.29 is 4.74 Å². The van der Waals surface area contributed by atoms with E-state index in [0.29, 0.717) is 23.1 Å². The van der Waals surface area contributed by atoms with E-state index in [1.54, 1.807) is 6.07 Å². The molecule has 1 aromatic heterocycles. The van der Waals surface area contributed by atoms with E-state index in [4.69, 9.17) is 22.1 Å². The molecule has 0 atom stereocenters. The number of ether oxygens (including phenoxy) is 1. The van der Waals surface area contributed by atoms with Gasteiger partial charge in [-0.2, -0.15) is 0 Å². The molecular weight excluding hydrogens is 272 g/mol. The van der Waals surface area contributed by atoms with Gasteiger partial charge in [-0.1, -0.05) is 35.9 Å². The summed E-state index contributed by atoms with van der Waals surface area (Å²) >= 11 is 6.13. The Balaban J connectivity index is 2.13. The number of aromatic nitrogens is 1. The van der Waals surface area contributed by atoms with Gasteiger partial charge in [0.25, 0.3) is 0 Å². The molecule has 2 aromatic carbocycles. The SMILES string of the molecule is NCc1cc(Oc2ccccc2Cl)c2ccccc2n1. The Bertz CT molecular complexity index is 758. The summed E-state index contributed by atoms with van der Waals surface area (Å²) in [6.07, 6.45) is 0. The lowest BCUT2D eigenvalue weighted by atomic mass is 10.2. The number of nitrogens with two attached hydrogens (primary N) is 1. The standard InChI is InChI=1S/C16H13ClN2O/c17-13-6-2-4-8-15(13)20-16-9-11(10-18)19-14-7-3-1-5-12(14)16/h1-9H,10,18H2. The molecule has 0 radical (unpaired) electrons. The first-order chi connectivity index (χ1) is 9.78. The molecule has 0 saturated carbocycles. The van der Waals surface area contributed by atoms with E-state index in [-0.39, 0.29) is 0 Å². The van der Waals surface area contributed by atoms with Gasteiger partial charge in [0, 0.05) is 18.0 Å². The van der Waals surface area contributed by atoms with Gasteiger partial charge in [-0.05, 0) is 24.3 Å². The third kappa shape index (κ3) is 2.46. The fourth-order valence-electron chi connectivity index (χ4n) is 2.03. The Hall–Kier alpha value is -2.10. The molecule has 0 saturated heterocycles. The molecule has 1 heterocycles. The van der Waals surface area contributed by atoms with E-state index >= 15 is 0 Å². The predicted molar refractivity (Wildman–Crippen MR) is 81.2 cm³/mol. The van der Waals surface area contributed by atoms with Crippen LogP contribution in [0.25, 0.3) is 10.9 Å². The van der Waals surface area contributed by atoms with Crippen molar-refractivity contribution in [3.8, 4) is 11.5 Å². The van der Waals surface area contributed by atoms with Crippen LogP contribution in [-0.4, -0.2) is 4.98 Å². The van der Waals surface area contributed by atoms with Crippen molar-refractivity contribution >= 4 is 22.5 Å². The Labute approximate surface area is 122 Å². The van der Waals surface area contributed by atoms with Gasteiger partial charge in [0.2, 0.25) is 0 Å². The Morgan fingerprint density at radius 2 is 1.75 bits per heavy atom. The van der Waals surface area contributed by atoms with E-state index in [9.17, 15) is 0 Å². The Morgan fingerprint density at radius 1 is 1.00 bits per heavy atom. The summed E-state index contributed by atoms with van der Waals surface area (Å²) in [5.41, 5.74) is 7.33. The number of halogens is 1. The maximum absolute atomic E-state index is 6.13. The first-order valence-electron chi connectivity index (χ1n) is 6.29. The Morgan fingerprint density at radius 3 is 2.55 bits per heavy atom. The summed E-state index contributed by atoms with van der Waals surface area (Å²) in [5, 5.41) is 1.51. The van der Waals surface area contributed by atoms with Crippen molar-refractivity contribution in [2.45, 2.75) is 6.54 Å². The summed E-state index contributed by atoms with van der Waals surface area (Å²) < 4.78 is 5.94. The zero-order valence-corrected chi connectivity index (χ0v) is 11.5. The molecule has 4 heteroatoms. The quantitative estimate of drug-likeness (QED) is 0.786. The molecule has 20 heavy (non-hydrogen) atoms. The summed E-state index contributed by atoms with van der Waals surface area (Å²) in [7, 11) is 0. The largest absolute Gasteiger partial charge is 0.455 e. The molecule has 0 unspecified atom stereocenters. The minimum absolute atomic E-state index is 0.365. The maximum Gasteiger partial charge on any atom is 0.146 e. The first-order valence-corrected chi connectivity index (χ1v) is 6.67. The second kappa shape index (κ2) is 5.49. The monoisotopic (exact) mass is 284 g/mol. The zero-order valence-electron chi connectivity index (χ0n) is 10.7. The molecule has 0 aliphatic carbocycles. The van der Waals surface area contributed by atoms with Crippen LogP contribution in [0.4, 0.5) is 0 Å². The van der Waals surface area contributed by atoms with Gasteiger partial charge in [0.15, 0.2) is 0 Å². The number of benzene rings is 2. The summed E-state index contributed by atoms with van der Waals surface area (Å²) in [5.74, 6) is 1.33. The number of fused-ring (bicyclic) bond motifs is 1. The number of nitrogens with zero attached hydrogens (tertiary/aromatic N) is 1. The number of hydrogen-bond acceptors (Lipinski definition) is 3. The molecule has 0 bridgehead atoms. The van der Waals surface area contributed by atoms with Crippen LogP contribution in [0.5, 0.6) is 11.5 Å². The van der Waals surface area contributed by atoms with Crippen LogP contribution in [0.2, 0.25) is 5.02 Å². The van der Waals surface area contributed by atoms with E-state index in [1.807, 2.05) is 48.5 Å². The zero-order chi connectivity index (χ0) is 13.9.